The van der Waals surface area contributed by atoms with Crippen molar-refractivity contribution in [2.24, 2.45) is 34.5 Å². The molecule has 0 heterocycles. The van der Waals surface area contributed by atoms with Gasteiger partial charge >= 0.3 is 0 Å². The zero-order valence-corrected chi connectivity index (χ0v) is 10.8. The van der Waals surface area contributed by atoms with Crippen LogP contribution in [0, 0.1) is 34.5 Å². The third-order valence-electron chi connectivity index (χ3n) is 6.44. The molecule has 0 N–H and O–H groups in total. The average molecular weight is 206 g/mol. The zero-order chi connectivity index (χ0) is 10.8. The van der Waals surface area contributed by atoms with Crippen molar-refractivity contribution >= 4 is 0 Å². The van der Waals surface area contributed by atoms with Gasteiger partial charge in [-0.1, -0.05) is 27.7 Å². The summed E-state index contributed by atoms with van der Waals surface area (Å²) in [7, 11) is 0. The summed E-state index contributed by atoms with van der Waals surface area (Å²) < 4.78 is 0. The van der Waals surface area contributed by atoms with E-state index >= 15 is 0 Å². The first-order valence-electron chi connectivity index (χ1n) is 6.97. The lowest BCUT2D eigenvalue weighted by atomic mass is 9.59. The number of hydrogen-bond acceptors (Lipinski definition) is 0. The molecular weight excluding hydrogens is 180 g/mol. The Morgan fingerprint density at radius 1 is 1.00 bits per heavy atom. The van der Waals surface area contributed by atoms with Crippen LogP contribution in [-0.2, 0) is 0 Å². The Bertz CT molecular complexity index is 278. The quantitative estimate of drug-likeness (QED) is 0.547. The van der Waals surface area contributed by atoms with Crippen LogP contribution in [0.5, 0.6) is 0 Å². The molecule has 3 fully saturated rings. The number of rotatable bonds is 0. The van der Waals surface area contributed by atoms with Crippen LogP contribution in [0.2, 0.25) is 0 Å². The number of hydrogen-bond donors (Lipinski definition) is 0. The van der Waals surface area contributed by atoms with Crippen molar-refractivity contribution in [2.75, 3.05) is 0 Å². The van der Waals surface area contributed by atoms with E-state index in [4.69, 9.17) is 0 Å². The van der Waals surface area contributed by atoms with Gasteiger partial charge in [0.25, 0.3) is 0 Å². The van der Waals surface area contributed by atoms with Gasteiger partial charge < -0.3 is 0 Å². The fourth-order valence-corrected chi connectivity index (χ4v) is 6.06. The van der Waals surface area contributed by atoms with E-state index in [1.807, 2.05) is 0 Å². The van der Waals surface area contributed by atoms with Crippen LogP contribution in [0.25, 0.3) is 0 Å². The second kappa shape index (κ2) is 2.81. The second-order valence-electron chi connectivity index (χ2n) is 7.52. The van der Waals surface area contributed by atoms with Crippen LogP contribution in [0.1, 0.15) is 59.8 Å². The summed E-state index contributed by atoms with van der Waals surface area (Å²) in [6.07, 6.45) is 7.64. The summed E-state index contributed by atoms with van der Waals surface area (Å²) in [6, 6.07) is 0. The smallest absolute Gasteiger partial charge is 0.0235 e. The first kappa shape index (κ1) is 10.2. The molecular formula is C15H26. The first-order chi connectivity index (χ1) is 6.97. The Hall–Kier alpha value is 0. The van der Waals surface area contributed by atoms with Crippen LogP contribution in [0.4, 0.5) is 0 Å². The van der Waals surface area contributed by atoms with E-state index < -0.39 is 0 Å². The maximum atomic E-state index is 2.55. The molecule has 0 radical (unpaired) electrons. The monoisotopic (exact) mass is 206 g/mol. The molecule has 15 heavy (non-hydrogen) atoms. The van der Waals surface area contributed by atoms with Crippen molar-refractivity contribution in [3.8, 4) is 0 Å². The van der Waals surface area contributed by atoms with E-state index in [0.29, 0.717) is 5.41 Å². The van der Waals surface area contributed by atoms with Crippen molar-refractivity contribution in [1.29, 1.82) is 0 Å². The minimum absolute atomic E-state index is 0.634. The zero-order valence-electron chi connectivity index (χ0n) is 10.8. The lowest BCUT2D eigenvalue weighted by Gasteiger charge is -2.46. The lowest BCUT2D eigenvalue weighted by molar-refractivity contribution is 0.0276. The summed E-state index contributed by atoms with van der Waals surface area (Å²) in [6.45, 7) is 10.2. The molecule has 0 aromatic rings. The van der Waals surface area contributed by atoms with E-state index in [1.165, 1.54) is 12.8 Å². The highest BCUT2D eigenvalue weighted by atomic mass is 14.7. The molecule has 3 rings (SSSR count). The van der Waals surface area contributed by atoms with Gasteiger partial charge in [0, 0.05) is 0 Å². The van der Waals surface area contributed by atoms with Gasteiger partial charge in [-0.2, -0.15) is 0 Å². The highest BCUT2D eigenvalue weighted by Gasteiger charge is 2.64. The van der Waals surface area contributed by atoms with Crippen LogP contribution in [0.15, 0.2) is 0 Å². The maximum absolute atomic E-state index is 2.55. The summed E-state index contributed by atoms with van der Waals surface area (Å²) in [4.78, 5) is 0. The molecule has 0 aromatic heterocycles. The van der Waals surface area contributed by atoms with Crippen molar-refractivity contribution in [3.05, 3.63) is 0 Å². The Morgan fingerprint density at radius 3 is 2.40 bits per heavy atom. The lowest BCUT2D eigenvalue weighted by Crippen LogP contribution is -2.39. The molecule has 2 bridgehead atoms. The van der Waals surface area contributed by atoms with E-state index in [2.05, 4.69) is 27.7 Å². The van der Waals surface area contributed by atoms with E-state index in [-0.39, 0.29) is 0 Å². The molecule has 0 nitrogen and oxygen atoms in total. The molecule has 5 atom stereocenters. The van der Waals surface area contributed by atoms with Gasteiger partial charge in [0.1, 0.15) is 0 Å². The van der Waals surface area contributed by atoms with Gasteiger partial charge in [0.2, 0.25) is 0 Å². The maximum Gasteiger partial charge on any atom is -0.0235 e. The fourth-order valence-electron chi connectivity index (χ4n) is 6.06. The van der Waals surface area contributed by atoms with Crippen LogP contribution >= 0.6 is 0 Å². The molecule has 0 aromatic carbocycles. The molecule has 0 heteroatoms. The molecule has 3 aliphatic rings. The molecule has 3 aliphatic carbocycles. The largest absolute Gasteiger partial charge is 0.0622 e. The van der Waals surface area contributed by atoms with Crippen molar-refractivity contribution in [1.82, 2.24) is 0 Å². The third kappa shape index (κ3) is 1.09. The Balaban J connectivity index is 2.05. The van der Waals surface area contributed by atoms with E-state index in [0.717, 1.165) is 29.1 Å². The van der Waals surface area contributed by atoms with Gasteiger partial charge in [0.15, 0.2) is 0 Å². The minimum atomic E-state index is 0.634. The van der Waals surface area contributed by atoms with Gasteiger partial charge in [-0.25, -0.2) is 0 Å². The summed E-state index contributed by atoms with van der Waals surface area (Å²) in [5.41, 5.74) is 1.41. The van der Waals surface area contributed by atoms with Crippen LogP contribution in [-0.4, -0.2) is 0 Å². The highest BCUT2D eigenvalue weighted by molar-refractivity contribution is 5.13. The molecule has 0 amide bonds. The van der Waals surface area contributed by atoms with Crippen molar-refractivity contribution in [3.63, 3.8) is 0 Å². The summed E-state index contributed by atoms with van der Waals surface area (Å²) in [5.74, 6) is 4.13. The van der Waals surface area contributed by atoms with Gasteiger partial charge in [-0.3, -0.25) is 0 Å². The predicted octanol–water partition coefficient (Wildman–Crippen LogP) is 4.49. The molecule has 86 valence electrons. The fraction of sp³-hybridized carbons (Fsp3) is 1.00. The normalized spacial score (nSPS) is 56.8. The van der Waals surface area contributed by atoms with Crippen LogP contribution in [0.3, 0.4) is 0 Å². The molecule has 0 aliphatic heterocycles. The molecule has 0 spiro atoms. The summed E-state index contributed by atoms with van der Waals surface area (Å²) >= 11 is 0. The van der Waals surface area contributed by atoms with Crippen molar-refractivity contribution in [2.45, 2.75) is 59.8 Å². The van der Waals surface area contributed by atoms with Gasteiger partial charge in [-0.15, -0.1) is 0 Å². The first-order valence-corrected chi connectivity index (χ1v) is 6.97. The Kier molecular flexibility index (Phi) is 1.91. The topological polar surface area (TPSA) is 0 Å². The third-order valence-corrected chi connectivity index (χ3v) is 6.44. The van der Waals surface area contributed by atoms with E-state index in [1.54, 1.807) is 19.3 Å². The molecule has 0 saturated heterocycles. The van der Waals surface area contributed by atoms with Gasteiger partial charge in [0.05, 0.1) is 0 Å². The summed E-state index contributed by atoms with van der Waals surface area (Å²) in [5, 5.41) is 0. The molecule has 3 saturated carbocycles. The minimum Gasteiger partial charge on any atom is -0.0622 e. The average Bonchev–Trinajstić information content (AvgIpc) is 2.56. The van der Waals surface area contributed by atoms with Crippen molar-refractivity contribution < 1.29 is 0 Å². The second-order valence-corrected chi connectivity index (χ2v) is 7.52. The Labute approximate surface area is 94.8 Å². The molecule has 1 unspecified atom stereocenters. The van der Waals surface area contributed by atoms with Gasteiger partial charge in [-0.05, 0) is 66.6 Å². The Morgan fingerprint density at radius 2 is 1.67 bits per heavy atom. The SMILES string of the molecule is C[C@@H]1CC[C@@]23CC[C@@H]1C2C(C)(C)C[C@@H]3C. The standard InChI is InChI=1S/C15H26/c1-10-5-7-15-8-6-12(10)13(15)14(3,4)9-11(15)2/h10-13H,5-9H2,1-4H3/t10-,11+,12+,13?,15+/m1/s1. The van der Waals surface area contributed by atoms with E-state index in [9.17, 15) is 0 Å². The van der Waals surface area contributed by atoms with Crippen LogP contribution < -0.4 is 0 Å². The predicted molar refractivity (Wildman–Crippen MR) is 64.6 cm³/mol. The highest BCUT2D eigenvalue weighted by Crippen LogP contribution is 2.72.